The standard InChI is InChI=1S/C70H117NO10/c1-4-7-10-13-16-19-22-24-26-28-29-30-31-32-33-34-36-37-39-42-45-48-51-54-57-63(74)69(78)71-61(62(73)56-53-50-47-44-41-21-18-15-12-9-6-3)60-79-70-68(67(77)66(76)64(59-72)80-70)81-65(75)58-55-52-49-46-43-40-38-35-27-25-23-20-17-14-11-8-5-2/h7,10,16-17,19-20,24-27,29-30,32-33,36-38,40,53,56,61-64,66-68,70,72-74,76-77H,4-6,8-9,11-15,18,21-23,28,31,34-35,39,41-52,54-55,57-60H2,1-3H3,(H,71,78)/b10-7-,19-16-,20-17-,26-24-,27-25-,30-29-,33-32-,37-36-,40-38-,56-53+. The van der Waals surface area contributed by atoms with Gasteiger partial charge in [0.2, 0.25) is 5.91 Å². The zero-order valence-corrected chi connectivity index (χ0v) is 51.1. The lowest BCUT2D eigenvalue weighted by Crippen LogP contribution is -2.61. The molecule has 1 saturated heterocycles. The van der Waals surface area contributed by atoms with E-state index in [-0.39, 0.29) is 19.4 Å². The molecule has 1 aliphatic heterocycles. The Balaban J connectivity index is 2.66. The minimum absolute atomic E-state index is 0.0898. The molecule has 1 rings (SSSR count). The van der Waals surface area contributed by atoms with Crippen LogP contribution in [0.3, 0.4) is 0 Å². The minimum atomic E-state index is -1.63. The van der Waals surface area contributed by atoms with Crippen molar-refractivity contribution in [2.75, 3.05) is 13.2 Å². The van der Waals surface area contributed by atoms with Crippen LogP contribution in [-0.4, -0.2) is 99.6 Å². The Labute approximate surface area is 493 Å². The number of hydrogen-bond acceptors (Lipinski definition) is 10. The second-order valence-corrected chi connectivity index (χ2v) is 21.8. The fraction of sp³-hybridized carbons (Fsp3) is 0.686. The number of amides is 1. The topological polar surface area (TPSA) is 175 Å². The normalized spacial score (nSPS) is 19.5. The zero-order chi connectivity index (χ0) is 58.9. The third kappa shape index (κ3) is 44.3. The van der Waals surface area contributed by atoms with E-state index in [1.165, 1.54) is 57.8 Å². The third-order valence-corrected chi connectivity index (χ3v) is 14.3. The average molecular weight is 1130 g/mol. The molecule has 0 aromatic carbocycles. The van der Waals surface area contributed by atoms with Crippen LogP contribution in [0.2, 0.25) is 0 Å². The highest BCUT2D eigenvalue weighted by atomic mass is 16.7. The summed E-state index contributed by atoms with van der Waals surface area (Å²) in [6.07, 6.45) is 68.0. The number of unbranched alkanes of at least 4 members (excludes halogenated alkanes) is 21. The fourth-order valence-corrected chi connectivity index (χ4v) is 9.25. The van der Waals surface area contributed by atoms with Gasteiger partial charge in [-0.05, 0) is 116 Å². The summed E-state index contributed by atoms with van der Waals surface area (Å²) in [6.45, 7) is 5.61. The van der Waals surface area contributed by atoms with Gasteiger partial charge in [-0.15, -0.1) is 0 Å². The highest BCUT2D eigenvalue weighted by Crippen LogP contribution is 2.26. The number of ether oxygens (including phenoxy) is 3. The summed E-state index contributed by atoms with van der Waals surface area (Å²) in [4.78, 5) is 26.6. The van der Waals surface area contributed by atoms with E-state index in [1.54, 1.807) is 6.08 Å². The Hall–Kier alpha value is -3.94. The minimum Gasteiger partial charge on any atom is -0.454 e. The van der Waals surface area contributed by atoms with Gasteiger partial charge in [0.15, 0.2) is 12.4 Å². The van der Waals surface area contributed by atoms with Crippen molar-refractivity contribution in [2.24, 2.45) is 0 Å². The molecular weight excluding hydrogens is 1010 g/mol. The smallest absolute Gasteiger partial charge is 0.306 e. The molecule has 81 heavy (non-hydrogen) atoms. The monoisotopic (exact) mass is 1130 g/mol. The van der Waals surface area contributed by atoms with Crippen molar-refractivity contribution in [3.05, 3.63) is 122 Å². The van der Waals surface area contributed by atoms with Crippen LogP contribution in [0.1, 0.15) is 245 Å². The van der Waals surface area contributed by atoms with Crippen LogP contribution in [0.4, 0.5) is 0 Å². The highest BCUT2D eigenvalue weighted by molar-refractivity contribution is 5.80. The van der Waals surface area contributed by atoms with E-state index in [4.69, 9.17) is 14.2 Å². The van der Waals surface area contributed by atoms with Crippen LogP contribution < -0.4 is 5.32 Å². The first-order chi connectivity index (χ1) is 39.7. The van der Waals surface area contributed by atoms with Crippen molar-refractivity contribution in [3.8, 4) is 0 Å². The number of esters is 1. The summed E-state index contributed by atoms with van der Waals surface area (Å²) in [5, 5.41) is 57.0. The number of aliphatic hydroxyl groups excluding tert-OH is 5. The van der Waals surface area contributed by atoms with Gasteiger partial charge < -0.3 is 45.1 Å². The van der Waals surface area contributed by atoms with Crippen LogP contribution in [-0.2, 0) is 23.8 Å². The van der Waals surface area contributed by atoms with Crippen molar-refractivity contribution in [2.45, 2.75) is 294 Å². The van der Waals surface area contributed by atoms with Gasteiger partial charge in [-0.1, -0.05) is 245 Å². The molecule has 462 valence electrons. The van der Waals surface area contributed by atoms with Gasteiger partial charge in [0.25, 0.3) is 0 Å². The van der Waals surface area contributed by atoms with E-state index in [0.29, 0.717) is 12.8 Å². The molecule has 0 aliphatic carbocycles. The summed E-state index contributed by atoms with van der Waals surface area (Å²) in [5.41, 5.74) is 0. The number of carbonyl (C=O) groups excluding carboxylic acids is 2. The van der Waals surface area contributed by atoms with Gasteiger partial charge in [-0.3, -0.25) is 9.59 Å². The SMILES string of the molecule is CC/C=C\C/C=C\C/C=C\C/C=C\C/C=C\C/C=C\CCCCCCCC(O)C(=O)NC(COC1OC(CO)C(O)C(O)C1OC(=O)CCCCCC/C=C\C/C=C\C/C=C\CCCCC)C(O)/C=C/CCCCCCCCCCC. The molecule has 0 radical (unpaired) electrons. The molecule has 0 aromatic rings. The van der Waals surface area contributed by atoms with Gasteiger partial charge in [0.05, 0.1) is 25.4 Å². The van der Waals surface area contributed by atoms with Crippen LogP contribution in [0.15, 0.2) is 122 Å². The second kappa shape index (κ2) is 56.5. The first-order valence-corrected chi connectivity index (χ1v) is 32.3. The van der Waals surface area contributed by atoms with Gasteiger partial charge >= 0.3 is 5.97 Å². The van der Waals surface area contributed by atoms with Crippen molar-refractivity contribution < 1.29 is 49.3 Å². The van der Waals surface area contributed by atoms with E-state index in [2.05, 4.69) is 135 Å². The number of allylic oxidation sites excluding steroid dienone is 19. The maximum atomic E-state index is 13.4. The Bertz CT molecular complexity index is 1780. The lowest BCUT2D eigenvalue weighted by Gasteiger charge is -2.41. The van der Waals surface area contributed by atoms with Crippen molar-refractivity contribution >= 4 is 11.9 Å². The van der Waals surface area contributed by atoms with Crippen LogP contribution in [0.25, 0.3) is 0 Å². The summed E-state index contributed by atoms with van der Waals surface area (Å²) in [5.74, 6) is -1.24. The Morgan fingerprint density at radius 2 is 0.889 bits per heavy atom. The molecule has 1 heterocycles. The lowest BCUT2D eigenvalue weighted by atomic mass is 9.99. The first kappa shape index (κ1) is 75.1. The van der Waals surface area contributed by atoms with Crippen molar-refractivity contribution in [1.82, 2.24) is 5.32 Å². The van der Waals surface area contributed by atoms with E-state index in [0.717, 1.165) is 141 Å². The van der Waals surface area contributed by atoms with E-state index < -0.39 is 67.4 Å². The molecule has 1 amide bonds. The van der Waals surface area contributed by atoms with Crippen LogP contribution >= 0.6 is 0 Å². The molecule has 0 spiro atoms. The molecule has 11 nitrogen and oxygen atoms in total. The van der Waals surface area contributed by atoms with E-state index >= 15 is 0 Å². The number of rotatable bonds is 53. The summed E-state index contributed by atoms with van der Waals surface area (Å²) in [7, 11) is 0. The Kier molecular flexibility index (Phi) is 52.4. The number of nitrogens with one attached hydrogen (secondary N) is 1. The van der Waals surface area contributed by atoms with Gasteiger partial charge in [-0.25, -0.2) is 0 Å². The third-order valence-electron chi connectivity index (χ3n) is 14.3. The average Bonchev–Trinajstić information content (AvgIpc) is 3.50. The highest BCUT2D eigenvalue weighted by Gasteiger charge is 2.47. The molecule has 1 fully saturated rings. The summed E-state index contributed by atoms with van der Waals surface area (Å²) >= 11 is 0. The number of carbonyl (C=O) groups is 2. The number of hydrogen-bond donors (Lipinski definition) is 6. The van der Waals surface area contributed by atoms with Crippen LogP contribution in [0.5, 0.6) is 0 Å². The molecule has 1 aliphatic rings. The first-order valence-electron chi connectivity index (χ1n) is 32.3. The van der Waals surface area contributed by atoms with Gasteiger partial charge in [0.1, 0.15) is 24.4 Å². The molecule has 8 atom stereocenters. The fourth-order valence-electron chi connectivity index (χ4n) is 9.25. The molecule has 0 bridgehead atoms. The Morgan fingerprint density at radius 3 is 1.36 bits per heavy atom. The molecule has 6 N–H and O–H groups in total. The maximum absolute atomic E-state index is 13.4. The van der Waals surface area contributed by atoms with Gasteiger partial charge in [-0.2, -0.15) is 0 Å². The Morgan fingerprint density at radius 1 is 0.494 bits per heavy atom. The number of aliphatic hydroxyl groups is 5. The quantitative estimate of drug-likeness (QED) is 0.0195. The molecule has 0 saturated carbocycles. The second-order valence-electron chi connectivity index (χ2n) is 21.8. The van der Waals surface area contributed by atoms with Gasteiger partial charge in [0, 0.05) is 6.42 Å². The lowest BCUT2D eigenvalue weighted by molar-refractivity contribution is -0.305. The van der Waals surface area contributed by atoms with E-state index in [1.807, 2.05) is 6.08 Å². The zero-order valence-electron chi connectivity index (χ0n) is 51.1. The maximum Gasteiger partial charge on any atom is 0.306 e. The van der Waals surface area contributed by atoms with Crippen LogP contribution in [0, 0.1) is 0 Å². The predicted octanol–water partition coefficient (Wildman–Crippen LogP) is 15.8. The molecule has 0 aromatic heterocycles. The predicted molar refractivity (Wildman–Crippen MR) is 338 cm³/mol. The largest absolute Gasteiger partial charge is 0.454 e. The molecule has 11 heteroatoms. The summed E-state index contributed by atoms with van der Waals surface area (Å²) in [6, 6.07) is -1.05. The molecular formula is C70H117NO10. The molecule has 8 unspecified atom stereocenters. The van der Waals surface area contributed by atoms with E-state index in [9.17, 15) is 35.1 Å². The van der Waals surface area contributed by atoms with Crippen molar-refractivity contribution in [3.63, 3.8) is 0 Å². The summed E-state index contributed by atoms with van der Waals surface area (Å²) < 4.78 is 17.6. The van der Waals surface area contributed by atoms with Crippen molar-refractivity contribution in [1.29, 1.82) is 0 Å².